The van der Waals surface area contributed by atoms with E-state index in [0.29, 0.717) is 6.04 Å². The van der Waals surface area contributed by atoms with Gasteiger partial charge in [-0.05, 0) is 40.8 Å². The highest BCUT2D eigenvalue weighted by Crippen LogP contribution is 2.28. The van der Waals surface area contributed by atoms with E-state index >= 15 is 0 Å². The van der Waals surface area contributed by atoms with Gasteiger partial charge in [0, 0.05) is 32.6 Å². The molecule has 2 rings (SSSR count). The van der Waals surface area contributed by atoms with Crippen LogP contribution in [0, 0.1) is 3.57 Å². The third-order valence-corrected chi connectivity index (χ3v) is 4.07. The fourth-order valence-electron chi connectivity index (χ4n) is 1.70. The average molecular weight is 435 g/mol. The van der Waals surface area contributed by atoms with Gasteiger partial charge in [-0.3, -0.25) is 0 Å². The number of oxazole rings is 1. The zero-order valence-electron chi connectivity index (χ0n) is 10.9. The summed E-state index contributed by atoms with van der Waals surface area (Å²) in [5.41, 5.74) is 1.07. The standard InChI is InChI=1S/C14H16BrIN2O/c1-9(2)17-6-5-14-18-8-13(19-14)11-7-10(15)3-4-12(11)16/h3-4,7-9,17H,5-6H2,1-2H3. The summed E-state index contributed by atoms with van der Waals surface area (Å²) >= 11 is 5.79. The quantitative estimate of drug-likeness (QED) is 0.715. The Bertz CT molecular complexity index is 554. The summed E-state index contributed by atoms with van der Waals surface area (Å²) in [7, 11) is 0. The van der Waals surface area contributed by atoms with Crippen molar-refractivity contribution < 1.29 is 4.42 Å². The molecule has 0 aliphatic rings. The van der Waals surface area contributed by atoms with Crippen molar-refractivity contribution in [1.29, 1.82) is 0 Å². The van der Waals surface area contributed by atoms with Crippen LogP contribution in [0.25, 0.3) is 11.3 Å². The minimum Gasteiger partial charge on any atom is -0.441 e. The molecular formula is C14H16BrIN2O. The van der Waals surface area contributed by atoms with Gasteiger partial charge in [-0.1, -0.05) is 29.8 Å². The lowest BCUT2D eigenvalue weighted by molar-refractivity contribution is 0.484. The molecule has 0 saturated carbocycles. The topological polar surface area (TPSA) is 38.1 Å². The Kier molecular flexibility index (Phi) is 5.41. The Balaban J connectivity index is 2.10. The molecular weight excluding hydrogens is 419 g/mol. The molecule has 0 saturated heterocycles. The van der Waals surface area contributed by atoms with Gasteiger partial charge in [0.2, 0.25) is 0 Å². The lowest BCUT2D eigenvalue weighted by atomic mass is 10.2. The first-order chi connectivity index (χ1) is 9.06. The van der Waals surface area contributed by atoms with E-state index in [0.717, 1.165) is 38.2 Å². The van der Waals surface area contributed by atoms with E-state index in [-0.39, 0.29) is 0 Å². The molecule has 2 aromatic rings. The summed E-state index contributed by atoms with van der Waals surface area (Å²) in [5.74, 6) is 1.60. The van der Waals surface area contributed by atoms with E-state index in [1.165, 1.54) is 0 Å². The summed E-state index contributed by atoms with van der Waals surface area (Å²) in [6.07, 6.45) is 2.61. The van der Waals surface area contributed by atoms with Gasteiger partial charge in [-0.2, -0.15) is 0 Å². The Hall–Kier alpha value is -0.400. The van der Waals surface area contributed by atoms with E-state index in [4.69, 9.17) is 4.42 Å². The number of nitrogens with one attached hydrogen (secondary N) is 1. The van der Waals surface area contributed by atoms with Crippen LogP contribution in [0.5, 0.6) is 0 Å². The third-order valence-electron chi connectivity index (χ3n) is 2.64. The number of halogens is 2. The predicted molar refractivity (Wildman–Crippen MR) is 89.2 cm³/mol. The molecule has 0 atom stereocenters. The van der Waals surface area contributed by atoms with Crippen LogP contribution in [-0.2, 0) is 6.42 Å². The molecule has 1 heterocycles. The van der Waals surface area contributed by atoms with Crippen LogP contribution >= 0.6 is 38.5 Å². The van der Waals surface area contributed by atoms with E-state index in [1.807, 2.05) is 6.07 Å². The summed E-state index contributed by atoms with van der Waals surface area (Å²) in [6.45, 7) is 5.14. The molecule has 0 spiro atoms. The maximum Gasteiger partial charge on any atom is 0.196 e. The second kappa shape index (κ2) is 6.85. The van der Waals surface area contributed by atoms with E-state index < -0.39 is 0 Å². The maximum atomic E-state index is 5.81. The van der Waals surface area contributed by atoms with Crippen molar-refractivity contribution in [2.24, 2.45) is 0 Å². The molecule has 1 aromatic carbocycles. The van der Waals surface area contributed by atoms with Gasteiger partial charge < -0.3 is 9.73 Å². The van der Waals surface area contributed by atoms with Crippen molar-refractivity contribution in [2.75, 3.05) is 6.54 Å². The Morgan fingerprint density at radius 2 is 2.21 bits per heavy atom. The van der Waals surface area contributed by atoms with Crippen molar-refractivity contribution in [3.05, 3.63) is 38.3 Å². The van der Waals surface area contributed by atoms with Crippen LogP contribution in [0.15, 0.2) is 33.3 Å². The highest BCUT2D eigenvalue weighted by molar-refractivity contribution is 14.1. The molecule has 102 valence electrons. The first kappa shape index (κ1) is 15.0. The van der Waals surface area contributed by atoms with Gasteiger partial charge in [0.05, 0.1) is 6.20 Å². The minimum atomic E-state index is 0.487. The largest absolute Gasteiger partial charge is 0.441 e. The van der Waals surface area contributed by atoms with Gasteiger partial charge in [-0.25, -0.2) is 4.98 Å². The van der Waals surface area contributed by atoms with Gasteiger partial charge in [0.1, 0.15) is 0 Å². The van der Waals surface area contributed by atoms with Crippen LogP contribution in [0.1, 0.15) is 19.7 Å². The van der Waals surface area contributed by atoms with Crippen LogP contribution in [0.4, 0.5) is 0 Å². The number of hydrogen-bond donors (Lipinski definition) is 1. The smallest absolute Gasteiger partial charge is 0.196 e. The van der Waals surface area contributed by atoms with Crippen LogP contribution in [-0.4, -0.2) is 17.6 Å². The fourth-order valence-corrected chi connectivity index (χ4v) is 2.67. The first-order valence-corrected chi connectivity index (χ1v) is 8.07. The highest BCUT2D eigenvalue weighted by Gasteiger charge is 2.10. The van der Waals surface area contributed by atoms with Crippen LogP contribution < -0.4 is 5.32 Å². The summed E-state index contributed by atoms with van der Waals surface area (Å²) in [4.78, 5) is 4.33. The number of nitrogens with zero attached hydrogens (tertiary/aromatic N) is 1. The molecule has 0 unspecified atom stereocenters. The highest BCUT2D eigenvalue weighted by atomic mass is 127. The second-order valence-electron chi connectivity index (χ2n) is 4.60. The van der Waals surface area contributed by atoms with Crippen molar-refractivity contribution in [3.63, 3.8) is 0 Å². The Labute approximate surface area is 135 Å². The summed E-state index contributed by atoms with van der Waals surface area (Å²) in [5, 5.41) is 3.35. The average Bonchev–Trinajstić information content (AvgIpc) is 2.80. The predicted octanol–water partition coefficient (Wildman–Crippen LogP) is 4.25. The van der Waals surface area contributed by atoms with E-state index in [1.54, 1.807) is 6.20 Å². The van der Waals surface area contributed by atoms with Crippen LogP contribution in [0.3, 0.4) is 0 Å². The molecule has 1 aromatic heterocycles. The van der Waals surface area contributed by atoms with Crippen molar-refractivity contribution in [1.82, 2.24) is 10.3 Å². The number of hydrogen-bond acceptors (Lipinski definition) is 3. The monoisotopic (exact) mass is 434 g/mol. The zero-order chi connectivity index (χ0) is 13.8. The molecule has 3 nitrogen and oxygen atoms in total. The molecule has 0 radical (unpaired) electrons. The summed E-state index contributed by atoms with van der Waals surface area (Å²) in [6, 6.07) is 6.62. The Morgan fingerprint density at radius 3 is 2.95 bits per heavy atom. The molecule has 1 N–H and O–H groups in total. The minimum absolute atomic E-state index is 0.487. The van der Waals surface area contributed by atoms with E-state index in [9.17, 15) is 0 Å². The lowest BCUT2D eigenvalue weighted by Crippen LogP contribution is -2.24. The number of rotatable bonds is 5. The fraction of sp³-hybridized carbons (Fsp3) is 0.357. The molecule has 0 fully saturated rings. The molecule has 0 amide bonds. The van der Waals surface area contributed by atoms with E-state index in [2.05, 4.69) is 74.8 Å². The molecule has 5 heteroatoms. The second-order valence-corrected chi connectivity index (χ2v) is 6.68. The third kappa shape index (κ3) is 4.29. The SMILES string of the molecule is CC(C)NCCc1ncc(-c2cc(Br)ccc2I)o1. The molecule has 19 heavy (non-hydrogen) atoms. The van der Waals surface area contributed by atoms with Crippen molar-refractivity contribution >= 4 is 38.5 Å². The maximum absolute atomic E-state index is 5.81. The number of benzene rings is 1. The molecule has 0 aliphatic heterocycles. The Morgan fingerprint density at radius 1 is 1.42 bits per heavy atom. The van der Waals surface area contributed by atoms with Gasteiger partial charge in [0.25, 0.3) is 0 Å². The van der Waals surface area contributed by atoms with Crippen molar-refractivity contribution in [3.8, 4) is 11.3 Å². The first-order valence-electron chi connectivity index (χ1n) is 6.20. The van der Waals surface area contributed by atoms with Gasteiger partial charge in [-0.15, -0.1) is 0 Å². The van der Waals surface area contributed by atoms with Gasteiger partial charge in [0.15, 0.2) is 11.7 Å². The molecule has 0 aliphatic carbocycles. The normalized spacial score (nSPS) is 11.2. The van der Waals surface area contributed by atoms with Gasteiger partial charge >= 0.3 is 0 Å². The molecule has 0 bridgehead atoms. The van der Waals surface area contributed by atoms with Crippen LogP contribution in [0.2, 0.25) is 0 Å². The zero-order valence-corrected chi connectivity index (χ0v) is 14.7. The summed E-state index contributed by atoms with van der Waals surface area (Å²) < 4.78 is 8.01. The van der Waals surface area contributed by atoms with Crippen molar-refractivity contribution in [2.45, 2.75) is 26.3 Å². The number of aromatic nitrogens is 1. The lowest BCUT2D eigenvalue weighted by Gasteiger charge is -2.05.